The summed E-state index contributed by atoms with van der Waals surface area (Å²) in [6, 6.07) is 4.29. The molecule has 2 nitrogen and oxygen atoms in total. The third-order valence-corrected chi connectivity index (χ3v) is 2.83. The zero-order chi connectivity index (χ0) is 9.42. The Morgan fingerprint density at radius 2 is 2.08 bits per heavy atom. The largest absolute Gasteiger partial charge is 0.489 e. The Balaban J connectivity index is 2.71. The van der Waals surface area contributed by atoms with Crippen LogP contribution in [0, 0.1) is 5.82 Å². The molecule has 2 aromatic rings. The van der Waals surface area contributed by atoms with Gasteiger partial charge in [0.2, 0.25) is 0 Å². The van der Waals surface area contributed by atoms with E-state index in [2.05, 4.69) is 0 Å². The van der Waals surface area contributed by atoms with Gasteiger partial charge in [-0.3, -0.25) is 0 Å². The van der Waals surface area contributed by atoms with E-state index in [-0.39, 0.29) is 5.82 Å². The molecule has 13 heavy (non-hydrogen) atoms. The Bertz CT molecular complexity index is 441. The third-order valence-electron chi connectivity index (χ3n) is 1.84. The second-order valence-electron chi connectivity index (χ2n) is 2.71. The van der Waals surface area contributed by atoms with Gasteiger partial charge in [0.15, 0.2) is 0 Å². The first-order valence-corrected chi connectivity index (χ1v) is 4.59. The lowest BCUT2D eigenvalue weighted by Crippen LogP contribution is -2.28. The Kier molecular flexibility index (Phi) is 2.07. The third kappa shape index (κ3) is 1.46. The fraction of sp³-hybridized carbons (Fsp3) is 0. The summed E-state index contributed by atoms with van der Waals surface area (Å²) in [6.07, 6.45) is 0. The maximum atomic E-state index is 12.8. The summed E-state index contributed by atoms with van der Waals surface area (Å²) in [5.41, 5.74) is 0.361. The SMILES string of the molecule is OB(O)c1csc2ccc(F)cc12. The van der Waals surface area contributed by atoms with Crippen molar-refractivity contribution in [2.45, 2.75) is 0 Å². The van der Waals surface area contributed by atoms with Gasteiger partial charge in [0.05, 0.1) is 0 Å². The molecule has 66 valence electrons. The van der Waals surface area contributed by atoms with E-state index in [1.54, 1.807) is 11.4 Å². The Morgan fingerprint density at radius 1 is 1.31 bits per heavy atom. The van der Waals surface area contributed by atoms with E-state index >= 15 is 0 Å². The summed E-state index contributed by atoms with van der Waals surface area (Å²) < 4.78 is 13.7. The van der Waals surface area contributed by atoms with E-state index in [1.165, 1.54) is 23.5 Å². The Labute approximate surface area is 78.4 Å². The van der Waals surface area contributed by atoms with Gasteiger partial charge in [-0.15, -0.1) is 11.3 Å². The van der Waals surface area contributed by atoms with Crippen molar-refractivity contribution in [2.75, 3.05) is 0 Å². The van der Waals surface area contributed by atoms with Gasteiger partial charge >= 0.3 is 7.12 Å². The standard InChI is InChI=1S/C8H6BFO2S/c10-5-1-2-8-6(3-5)7(4-13-8)9(11)12/h1-4,11-12H. The average Bonchev–Trinajstić information content (AvgIpc) is 2.46. The maximum Gasteiger partial charge on any atom is 0.489 e. The minimum atomic E-state index is -1.53. The predicted molar refractivity (Wildman–Crippen MR) is 51.6 cm³/mol. The van der Waals surface area contributed by atoms with Gasteiger partial charge in [-0.25, -0.2) is 4.39 Å². The van der Waals surface area contributed by atoms with Crippen LogP contribution < -0.4 is 5.46 Å². The molecule has 0 fully saturated rings. The van der Waals surface area contributed by atoms with Crippen molar-refractivity contribution in [3.63, 3.8) is 0 Å². The molecule has 0 saturated carbocycles. The number of benzene rings is 1. The lowest BCUT2D eigenvalue weighted by molar-refractivity contribution is 0.426. The highest BCUT2D eigenvalue weighted by atomic mass is 32.1. The number of halogens is 1. The first-order valence-electron chi connectivity index (χ1n) is 3.71. The van der Waals surface area contributed by atoms with E-state index in [0.29, 0.717) is 10.8 Å². The fourth-order valence-electron chi connectivity index (χ4n) is 1.22. The molecule has 0 amide bonds. The molecule has 0 atom stereocenters. The van der Waals surface area contributed by atoms with Crippen molar-refractivity contribution in [2.24, 2.45) is 0 Å². The highest BCUT2D eigenvalue weighted by molar-refractivity contribution is 7.18. The van der Waals surface area contributed by atoms with Crippen LogP contribution in [0.25, 0.3) is 10.1 Å². The van der Waals surface area contributed by atoms with Crippen LogP contribution in [-0.4, -0.2) is 17.2 Å². The second-order valence-corrected chi connectivity index (χ2v) is 3.62. The van der Waals surface area contributed by atoms with Crippen LogP contribution in [0.1, 0.15) is 0 Å². The lowest BCUT2D eigenvalue weighted by Gasteiger charge is -1.95. The van der Waals surface area contributed by atoms with Crippen LogP contribution in [0.2, 0.25) is 0 Å². The molecule has 5 heteroatoms. The van der Waals surface area contributed by atoms with Crippen LogP contribution in [0.3, 0.4) is 0 Å². The van der Waals surface area contributed by atoms with Gasteiger partial charge in [0, 0.05) is 10.2 Å². The molecule has 1 aromatic carbocycles. The van der Waals surface area contributed by atoms with E-state index in [1.807, 2.05) is 0 Å². The quantitative estimate of drug-likeness (QED) is 0.659. The molecule has 0 bridgehead atoms. The van der Waals surface area contributed by atoms with Gasteiger partial charge in [0.1, 0.15) is 5.82 Å². The molecule has 2 rings (SSSR count). The molecular formula is C8H6BFO2S. The van der Waals surface area contributed by atoms with E-state index < -0.39 is 7.12 Å². The summed E-state index contributed by atoms with van der Waals surface area (Å²) in [4.78, 5) is 0. The smallest absolute Gasteiger partial charge is 0.423 e. The molecule has 0 aliphatic heterocycles. The molecule has 1 aromatic heterocycles. The molecule has 1 heterocycles. The van der Waals surface area contributed by atoms with Gasteiger partial charge in [-0.2, -0.15) is 0 Å². The highest BCUT2D eigenvalue weighted by Gasteiger charge is 2.16. The monoisotopic (exact) mass is 196 g/mol. The van der Waals surface area contributed by atoms with E-state index in [9.17, 15) is 4.39 Å². The summed E-state index contributed by atoms with van der Waals surface area (Å²) in [5, 5.41) is 20.1. The number of rotatable bonds is 1. The van der Waals surface area contributed by atoms with Gasteiger partial charge < -0.3 is 10.0 Å². The zero-order valence-electron chi connectivity index (χ0n) is 6.57. The van der Waals surface area contributed by atoms with Crippen molar-refractivity contribution >= 4 is 34.0 Å². The normalized spacial score (nSPS) is 10.7. The number of hydrogen-bond donors (Lipinski definition) is 2. The zero-order valence-corrected chi connectivity index (χ0v) is 7.38. The minimum Gasteiger partial charge on any atom is -0.423 e. The minimum absolute atomic E-state index is 0.361. The van der Waals surface area contributed by atoms with Crippen molar-refractivity contribution in [1.82, 2.24) is 0 Å². The Hall–Kier alpha value is -0.905. The molecule has 0 spiro atoms. The molecule has 2 N–H and O–H groups in total. The van der Waals surface area contributed by atoms with E-state index in [0.717, 1.165) is 4.70 Å². The molecule has 0 aliphatic rings. The van der Waals surface area contributed by atoms with Crippen molar-refractivity contribution in [3.05, 3.63) is 29.4 Å². The van der Waals surface area contributed by atoms with Crippen LogP contribution in [0.15, 0.2) is 23.6 Å². The molecule has 0 aliphatic carbocycles. The average molecular weight is 196 g/mol. The van der Waals surface area contributed by atoms with Crippen LogP contribution in [0.4, 0.5) is 4.39 Å². The molecule has 0 unspecified atom stereocenters. The molecule has 0 saturated heterocycles. The van der Waals surface area contributed by atoms with Crippen LogP contribution in [-0.2, 0) is 0 Å². The molecule has 0 radical (unpaired) electrons. The second kappa shape index (κ2) is 3.10. The van der Waals surface area contributed by atoms with Gasteiger partial charge in [-0.1, -0.05) is 0 Å². The lowest BCUT2D eigenvalue weighted by atomic mass is 9.80. The number of hydrogen-bond acceptors (Lipinski definition) is 3. The number of thiophene rings is 1. The van der Waals surface area contributed by atoms with Crippen molar-refractivity contribution < 1.29 is 14.4 Å². The highest BCUT2D eigenvalue weighted by Crippen LogP contribution is 2.19. The fourth-order valence-corrected chi connectivity index (χ4v) is 2.17. The predicted octanol–water partition coefficient (Wildman–Crippen LogP) is 0.720. The summed E-state index contributed by atoms with van der Waals surface area (Å²) >= 11 is 1.36. The van der Waals surface area contributed by atoms with Crippen molar-refractivity contribution in [3.8, 4) is 0 Å². The maximum absolute atomic E-state index is 12.8. The van der Waals surface area contributed by atoms with Gasteiger partial charge in [0.25, 0.3) is 0 Å². The van der Waals surface area contributed by atoms with Crippen LogP contribution >= 0.6 is 11.3 Å². The summed E-state index contributed by atoms with van der Waals surface area (Å²) in [7, 11) is -1.53. The van der Waals surface area contributed by atoms with Gasteiger partial charge in [-0.05, 0) is 29.0 Å². The summed E-state index contributed by atoms with van der Waals surface area (Å²) in [6.45, 7) is 0. The first kappa shape index (κ1) is 8.68. The molecular weight excluding hydrogens is 190 g/mol. The van der Waals surface area contributed by atoms with E-state index in [4.69, 9.17) is 10.0 Å². The topological polar surface area (TPSA) is 40.5 Å². The summed E-state index contributed by atoms with van der Waals surface area (Å²) in [5.74, 6) is -0.368. The van der Waals surface area contributed by atoms with Crippen LogP contribution in [0.5, 0.6) is 0 Å². The Morgan fingerprint density at radius 3 is 2.77 bits per heavy atom. The first-order chi connectivity index (χ1) is 6.18. The van der Waals surface area contributed by atoms with Crippen molar-refractivity contribution in [1.29, 1.82) is 0 Å². The number of fused-ring (bicyclic) bond motifs is 1.